The van der Waals surface area contributed by atoms with Crippen molar-refractivity contribution >= 4 is 11.8 Å². The van der Waals surface area contributed by atoms with Gasteiger partial charge in [0.05, 0.1) is 6.04 Å². The van der Waals surface area contributed by atoms with Crippen molar-refractivity contribution in [2.75, 3.05) is 18.4 Å². The molecule has 0 spiro atoms. The third-order valence-electron chi connectivity index (χ3n) is 4.89. The van der Waals surface area contributed by atoms with Gasteiger partial charge in [0.1, 0.15) is 5.60 Å². The molecule has 0 bridgehead atoms. The number of ether oxygens (including phenoxy) is 1. The summed E-state index contributed by atoms with van der Waals surface area (Å²) in [6, 6.07) is 9.21. The van der Waals surface area contributed by atoms with E-state index in [1.165, 1.54) is 37.7 Å². The number of likely N-dealkylation sites (tertiary alicyclic amines) is 1. The topological polar surface area (TPSA) is 41.6 Å². The Balaban J connectivity index is 1.45. The summed E-state index contributed by atoms with van der Waals surface area (Å²) in [5.41, 5.74) is 2.19. The first-order valence-corrected chi connectivity index (χ1v) is 9.25. The number of benzene rings is 1. The van der Waals surface area contributed by atoms with E-state index >= 15 is 0 Å². The van der Waals surface area contributed by atoms with E-state index in [2.05, 4.69) is 29.6 Å². The molecule has 3 rings (SSSR count). The molecule has 132 valence electrons. The Bertz CT molecular complexity index is 550. The molecule has 0 unspecified atom stereocenters. The van der Waals surface area contributed by atoms with Crippen LogP contribution in [0.2, 0.25) is 0 Å². The van der Waals surface area contributed by atoms with E-state index in [-0.39, 0.29) is 6.09 Å². The fourth-order valence-electron chi connectivity index (χ4n) is 3.57. The smallest absolute Gasteiger partial charge is 0.410 e. The zero-order valence-corrected chi connectivity index (χ0v) is 15.2. The van der Waals surface area contributed by atoms with Gasteiger partial charge in [0, 0.05) is 18.8 Å². The number of hydrogen-bond donors (Lipinski definition) is 1. The molecule has 1 N–H and O–H groups in total. The lowest BCUT2D eigenvalue weighted by atomic mass is 9.84. The molecule has 4 heteroatoms. The average Bonchev–Trinajstić information content (AvgIpc) is 2.50. The van der Waals surface area contributed by atoms with Gasteiger partial charge in [-0.15, -0.1) is 0 Å². The molecule has 4 nitrogen and oxygen atoms in total. The van der Waals surface area contributed by atoms with E-state index in [0.29, 0.717) is 19.1 Å². The Hall–Kier alpha value is -1.71. The zero-order chi connectivity index (χ0) is 17.2. The van der Waals surface area contributed by atoms with Gasteiger partial charge in [-0.05, 0) is 57.2 Å². The normalized spacial score (nSPS) is 19.7. The third-order valence-corrected chi connectivity index (χ3v) is 4.89. The monoisotopic (exact) mass is 330 g/mol. The highest BCUT2D eigenvalue weighted by molar-refractivity contribution is 5.69. The summed E-state index contributed by atoms with van der Waals surface area (Å²) in [4.78, 5) is 13.7. The van der Waals surface area contributed by atoms with Crippen LogP contribution >= 0.6 is 0 Å². The van der Waals surface area contributed by atoms with Crippen molar-refractivity contribution in [1.29, 1.82) is 0 Å². The molecule has 0 atom stereocenters. The minimum absolute atomic E-state index is 0.215. The summed E-state index contributed by atoms with van der Waals surface area (Å²) in [6.45, 7) is 7.11. The van der Waals surface area contributed by atoms with Gasteiger partial charge in [-0.2, -0.15) is 0 Å². The lowest BCUT2D eigenvalue weighted by Crippen LogP contribution is -2.57. The Morgan fingerprint density at radius 1 is 1.08 bits per heavy atom. The predicted octanol–water partition coefficient (Wildman–Crippen LogP) is 4.77. The van der Waals surface area contributed by atoms with E-state index in [4.69, 9.17) is 4.74 Å². The lowest BCUT2D eigenvalue weighted by Gasteiger charge is -2.40. The summed E-state index contributed by atoms with van der Waals surface area (Å²) in [5, 5.41) is 3.51. The highest BCUT2D eigenvalue weighted by Gasteiger charge is 2.33. The first kappa shape index (κ1) is 17.1. The predicted molar refractivity (Wildman–Crippen MR) is 97.5 cm³/mol. The third kappa shape index (κ3) is 4.43. The standard InChI is InChI=1S/C20H30N2O2/c1-20(2,3)24-19(23)22-13-18(14-22)21-17-11-9-16(10-12-17)15-7-5-4-6-8-15/h9-12,15,18,21H,4-8,13-14H2,1-3H3. The van der Waals surface area contributed by atoms with Crippen LogP contribution in [0, 0.1) is 0 Å². The highest BCUT2D eigenvalue weighted by atomic mass is 16.6. The molecule has 1 saturated heterocycles. The van der Waals surface area contributed by atoms with E-state index < -0.39 is 5.60 Å². The summed E-state index contributed by atoms with van der Waals surface area (Å²) < 4.78 is 5.38. The molecule has 0 radical (unpaired) electrons. The van der Waals surface area contributed by atoms with Crippen LogP contribution in [0.15, 0.2) is 24.3 Å². The summed E-state index contributed by atoms with van der Waals surface area (Å²) in [6.07, 6.45) is 6.58. The fourth-order valence-corrected chi connectivity index (χ4v) is 3.57. The van der Waals surface area contributed by atoms with E-state index in [1.807, 2.05) is 20.8 Å². The zero-order valence-electron chi connectivity index (χ0n) is 15.2. The van der Waals surface area contributed by atoms with Gasteiger partial charge in [-0.1, -0.05) is 31.4 Å². The average molecular weight is 330 g/mol. The van der Waals surface area contributed by atoms with Crippen molar-refractivity contribution in [2.24, 2.45) is 0 Å². The summed E-state index contributed by atoms with van der Waals surface area (Å²) in [7, 11) is 0. The molecule has 1 saturated carbocycles. The maximum Gasteiger partial charge on any atom is 0.410 e. The Labute approximate surface area is 145 Å². The van der Waals surface area contributed by atoms with Crippen LogP contribution < -0.4 is 5.32 Å². The molecule has 1 heterocycles. The van der Waals surface area contributed by atoms with Crippen LogP contribution in [0.25, 0.3) is 0 Å². The van der Waals surface area contributed by atoms with Gasteiger partial charge in [0.2, 0.25) is 0 Å². The molecular weight excluding hydrogens is 300 g/mol. The maximum atomic E-state index is 11.9. The van der Waals surface area contributed by atoms with Gasteiger partial charge in [-0.25, -0.2) is 4.79 Å². The molecule has 1 aromatic rings. The van der Waals surface area contributed by atoms with Gasteiger partial charge >= 0.3 is 6.09 Å². The number of carbonyl (C=O) groups is 1. The second-order valence-electron chi connectivity index (χ2n) is 8.18. The van der Waals surface area contributed by atoms with Crippen LogP contribution in [0.5, 0.6) is 0 Å². The Kier molecular flexibility index (Phi) is 5.02. The van der Waals surface area contributed by atoms with Crippen LogP contribution in [-0.2, 0) is 4.74 Å². The van der Waals surface area contributed by atoms with Gasteiger partial charge < -0.3 is 15.0 Å². The van der Waals surface area contributed by atoms with Crippen LogP contribution in [-0.4, -0.2) is 35.7 Å². The number of anilines is 1. The van der Waals surface area contributed by atoms with Crippen molar-refractivity contribution in [2.45, 2.75) is 70.4 Å². The van der Waals surface area contributed by atoms with Crippen molar-refractivity contribution < 1.29 is 9.53 Å². The number of nitrogens with zero attached hydrogens (tertiary/aromatic N) is 1. The minimum Gasteiger partial charge on any atom is -0.444 e. The number of rotatable bonds is 3. The molecule has 1 aliphatic heterocycles. The minimum atomic E-state index is -0.426. The lowest BCUT2D eigenvalue weighted by molar-refractivity contribution is 0.0105. The maximum absolute atomic E-state index is 11.9. The number of carbonyl (C=O) groups excluding carboxylic acids is 1. The fraction of sp³-hybridized carbons (Fsp3) is 0.650. The molecular formula is C20H30N2O2. The van der Waals surface area contributed by atoms with Crippen LogP contribution in [0.4, 0.5) is 10.5 Å². The highest BCUT2D eigenvalue weighted by Crippen LogP contribution is 2.33. The molecule has 2 fully saturated rings. The first-order valence-electron chi connectivity index (χ1n) is 9.25. The molecule has 24 heavy (non-hydrogen) atoms. The van der Waals surface area contributed by atoms with Crippen molar-refractivity contribution in [1.82, 2.24) is 4.90 Å². The Morgan fingerprint density at radius 2 is 1.71 bits per heavy atom. The molecule has 2 aliphatic rings. The van der Waals surface area contributed by atoms with Crippen molar-refractivity contribution in [3.05, 3.63) is 29.8 Å². The Morgan fingerprint density at radius 3 is 2.29 bits per heavy atom. The first-order chi connectivity index (χ1) is 11.4. The largest absolute Gasteiger partial charge is 0.444 e. The summed E-state index contributed by atoms with van der Waals surface area (Å²) in [5.74, 6) is 0.749. The number of amides is 1. The van der Waals surface area contributed by atoms with Gasteiger partial charge in [0.15, 0.2) is 0 Å². The molecule has 0 aromatic heterocycles. The second kappa shape index (κ2) is 7.04. The number of hydrogen-bond acceptors (Lipinski definition) is 3. The molecule has 1 amide bonds. The molecule has 1 aromatic carbocycles. The van der Waals surface area contributed by atoms with Gasteiger partial charge in [0.25, 0.3) is 0 Å². The molecule has 1 aliphatic carbocycles. The second-order valence-corrected chi connectivity index (χ2v) is 8.18. The quantitative estimate of drug-likeness (QED) is 0.868. The van der Waals surface area contributed by atoms with E-state index in [1.54, 1.807) is 4.90 Å². The summed E-state index contributed by atoms with van der Waals surface area (Å²) >= 11 is 0. The van der Waals surface area contributed by atoms with Crippen LogP contribution in [0.3, 0.4) is 0 Å². The van der Waals surface area contributed by atoms with Crippen molar-refractivity contribution in [3.8, 4) is 0 Å². The number of nitrogens with one attached hydrogen (secondary N) is 1. The SMILES string of the molecule is CC(C)(C)OC(=O)N1CC(Nc2ccc(C3CCCCC3)cc2)C1. The van der Waals surface area contributed by atoms with E-state index in [9.17, 15) is 4.79 Å². The van der Waals surface area contributed by atoms with Gasteiger partial charge in [-0.3, -0.25) is 0 Å². The van der Waals surface area contributed by atoms with E-state index in [0.717, 1.165) is 11.6 Å². The van der Waals surface area contributed by atoms with Crippen molar-refractivity contribution in [3.63, 3.8) is 0 Å². The van der Waals surface area contributed by atoms with Crippen LogP contribution in [0.1, 0.15) is 64.4 Å².